The maximum atomic E-state index is 13.2. The number of nitrogens with zero attached hydrogens (tertiary/aromatic N) is 1. The molecule has 0 aliphatic heterocycles. The molecule has 1 atom stereocenters. The van der Waals surface area contributed by atoms with Crippen molar-refractivity contribution in [3.63, 3.8) is 0 Å². The van der Waals surface area contributed by atoms with Crippen molar-refractivity contribution < 1.29 is 28.7 Å². The number of hydrogen-bond acceptors (Lipinski definition) is 5. The van der Waals surface area contributed by atoms with Gasteiger partial charge in [0.1, 0.15) is 5.60 Å². The summed E-state index contributed by atoms with van der Waals surface area (Å²) in [4.78, 5) is 32.6. The quantitative estimate of drug-likeness (QED) is 0.508. The summed E-state index contributed by atoms with van der Waals surface area (Å²) in [5, 5.41) is 19.5. The van der Waals surface area contributed by atoms with Crippen LogP contribution in [0, 0.1) is 10.1 Å². The standard InChI is InChI=1S/C14H16FNO6/c1-14(2,3)22-13(19)9-5-4-8(6-10(15)12(17)18)11(7-9)16(20)21/h4-5,7,10H,6H2,1-3H3,(H,17,18). The Morgan fingerprint density at radius 1 is 1.41 bits per heavy atom. The molecule has 0 aromatic heterocycles. The summed E-state index contributed by atoms with van der Waals surface area (Å²) in [5.41, 5.74) is -1.45. The van der Waals surface area contributed by atoms with Gasteiger partial charge in [-0.2, -0.15) is 0 Å². The van der Waals surface area contributed by atoms with E-state index in [1.165, 1.54) is 6.07 Å². The first-order chi connectivity index (χ1) is 10.0. The van der Waals surface area contributed by atoms with Gasteiger partial charge in [0, 0.05) is 18.1 Å². The lowest BCUT2D eigenvalue weighted by Gasteiger charge is -2.19. The molecule has 0 aliphatic rings. The maximum Gasteiger partial charge on any atom is 0.338 e. The number of alkyl halides is 1. The number of carbonyl (C=O) groups excluding carboxylic acids is 1. The van der Waals surface area contributed by atoms with Crippen LogP contribution in [0.1, 0.15) is 36.7 Å². The molecule has 120 valence electrons. The molecule has 1 aromatic carbocycles. The Morgan fingerprint density at radius 3 is 2.45 bits per heavy atom. The number of halogens is 1. The van der Waals surface area contributed by atoms with E-state index in [0.29, 0.717) is 0 Å². The zero-order chi connectivity index (χ0) is 17.1. The Kier molecular flexibility index (Phi) is 5.19. The van der Waals surface area contributed by atoms with E-state index in [9.17, 15) is 24.1 Å². The summed E-state index contributed by atoms with van der Waals surface area (Å²) >= 11 is 0. The minimum absolute atomic E-state index is 0.0592. The number of nitro groups is 1. The van der Waals surface area contributed by atoms with E-state index in [4.69, 9.17) is 9.84 Å². The Balaban J connectivity index is 3.12. The van der Waals surface area contributed by atoms with Gasteiger partial charge in [-0.25, -0.2) is 14.0 Å². The highest BCUT2D eigenvalue weighted by Crippen LogP contribution is 2.24. The minimum atomic E-state index is -2.26. The smallest absolute Gasteiger partial charge is 0.338 e. The highest BCUT2D eigenvalue weighted by Gasteiger charge is 2.25. The second kappa shape index (κ2) is 6.50. The van der Waals surface area contributed by atoms with Gasteiger partial charge in [0.2, 0.25) is 6.17 Å². The van der Waals surface area contributed by atoms with E-state index < -0.39 is 40.7 Å². The van der Waals surface area contributed by atoms with Crippen LogP contribution in [0.5, 0.6) is 0 Å². The van der Waals surface area contributed by atoms with Crippen LogP contribution < -0.4 is 0 Å². The fourth-order valence-corrected chi connectivity index (χ4v) is 1.65. The van der Waals surface area contributed by atoms with Crippen molar-refractivity contribution in [1.29, 1.82) is 0 Å². The molecule has 8 heteroatoms. The molecule has 0 spiro atoms. The Labute approximate surface area is 125 Å². The maximum absolute atomic E-state index is 13.2. The lowest BCUT2D eigenvalue weighted by molar-refractivity contribution is -0.385. The molecule has 0 bridgehead atoms. The molecule has 0 saturated heterocycles. The first-order valence-corrected chi connectivity index (χ1v) is 6.39. The van der Waals surface area contributed by atoms with Crippen LogP contribution >= 0.6 is 0 Å². The highest BCUT2D eigenvalue weighted by atomic mass is 19.1. The van der Waals surface area contributed by atoms with E-state index >= 15 is 0 Å². The average Bonchev–Trinajstić information content (AvgIpc) is 2.36. The molecule has 0 amide bonds. The van der Waals surface area contributed by atoms with Crippen molar-refractivity contribution in [1.82, 2.24) is 0 Å². The average molecular weight is 313 g/mol. The summed E-state index contributed by atoms with van der Waals surface area (Å²) in [6.45, 7) is 4.94. The first-order valence-electron chi connectivity index (χ1n) is 6.39. The van der Waals surface area contributed by atoms with Crippen molar-refractivity contribution in [3.8, 4) is 0 Å². The van der Waals surface area contributed by atoms with E-state index in [0.717, 1.165) is 12.1 Å². The first kappa shape index (κ1) is 17.5. The van der Waals surface area contributed by atoms with E-state index in [1.807, 2.05) is 0 Å². The minimum Gasteiger partial charge on any atom is -0.479 e. The van der Waals surface area contributed by atoms with Gasteiger partial charge in [0.15, 0.2) is 0 Å². The fraction of sp³-hybridized carbons (Fsp3) is 0.429. The molecule has 0 fully saturated rings. The summed E-state index contributed by atoms with van der Waals surface area (Å²) in [6.07, 6.45) is -2.91. The van der Waals surface area contributed by atoms with E-state index in [-0.39, 0.29) is 11.1 Å². The van der Waals surface area contributed by atoms with Gasteiger partial charge < -0.3 is 9.84 Å². The number of benzene rings is 1. The van der Waals surface area contributed by atoms with Crippen LogP contribution in [-0.2, 0) is 16.0 Å². The molecule has 0 saturated carbocycles. The lowest BCUT2D eigenvalue weighted by atomic mass is 10.0. The lowest BCUT2D eigenvalue weighted by Crippen LogP contribution is -2.24. The monoisotopic (exact) mass is 313 g/mol. The number of carboxylic acid groups (broad SMARTS) is 1. The van der Waals surface area contributed by atoms with Gasteiger partial charge in [-0.1, -0.05) is 6.07 Å². The normalized spacial score (nSPS) is 12.5. The summed E-state index contributed by atoms with van der Waals surface area (Å²) in [7, 11) is 0. The van der Waals surface area contributed by atoms with Gasteiger partial charge in [-0.3, -0.25) is 10.1 Å². The van der Waals surface area contributed by atoms with Crippen LogP contribution in [0.3, 0.4) is 0 Å². The van der Waals surface area contributed by atoms with Crippen LogP contribution in [0.2, 0.25) is 0 Å². The Morgan fingerprint density at radius 2 is 2.00 bits per heavy atom. The number of esters is 1. The van der Waals surface area contributed by atoms with E-state index in [1.54, 1.807) is 20.8 Å². The number of ether oxygens (including phenoxy) is 1. The van der Waals surface area contributed by atoms with Gasteiger partial charge in [0.25, 0.3) is 5.69 Å². The third-order valence-electron chi connectivity index (χ3n) is 2.58. The van der Waals surface area contributed by atoms with Crippen molar-refractivity contribution in [2.24, 2.45) is 0 Å². The molecule has 0 aliphatic carbocycles. The molecule has 0 heterocycles. The molecule has 0 radical (unpaired) electrons. The topological polar surface area (TPSA) is 107 Å². The van der Waals surface area contributed by atoms with Gasteiger partial charge in [-0.05, 0) is 26.8 Å². The van der Waals surface area contributed by atoms with E-state index in [2.05, 4.69) is 0 Å². The summed E-state index contributed by atoms with van der Waals surface area (Å²) in [6, 6.07) is 3.36. The predicted octanol–water partition coefficient (Wildman–Crippen LogP) is 2.52. The fourth-order valence-electron chi connectivity index (χ4n) is 1.65. The molecular formula is C14H16FNO6. The number of nitro benzene ring substituents is 1. The zero-order valence-corrected chi connectivity index (χ0v) is 12.3. The molecular weight excluding hydrogens is 297 g/mol. The van der Waals surface area contributed by atoms with Gasteiger partial charge in [0.05, 0.1) is 10.5 Å². The van der Waals surface area contributed by atoms with Crippen molar-refractivity contribution in [2.75, 3.05) is 0 Å². The number of carbonyl (C=O) groups is 2. The van der Waals surface area contributed by atoms with Crippen LogP contribution in [0.4, 0.5) is 10.1 Å². The second-order valence-electron chi connectivity index (χ2n) is 5.61. The van der Waals surface area contributed by atoms with Crippen LogP contribution in [0.15, 0.2) is 18.2 Å². The van der Waals surface area contributed by atoms with Gasteiger partial charge in [-0.15, -0.1) is 0 Å². The molecule has 1 N–H and O–H groups in total. The van der Waals surface area contributed by atoms with Crippen LogP contribution in [0.25, 0.3) is 0 Å². The number of carboxylic acids is 1. The van der Waals surface area contributed by atoms with Crippen molar-refractivity contribution in [2.45, 2.75) is 39.0 Å². The third-order valence-corrected chi connectivity index (χ3v) is 2.58. The van der Waals surface area contributed by atoms with Crippen LogP contribution in [-0.4, -0.2) is 33.7 Å². The molecule has 7 nitrogen and oxygen atoms in total. The Bertz CT molecular complexity index is 608. The number of aliphatic carboxylic acids is 1. The summed E-state index contributed by atoms with van der Waals surface area (Å²) < 4.78 is 18.3. The second-order valence-corrected chi connectivity index (χ2v) is 5.61. The zero-order valence-electron chi connectivity index (χ0n) is 12.3. The summed E-state index contributed by atoms with van der Waals surface area (Å²) in [5.74, 6) is -2.46. The van der Waals surface area contributed by atoms with Crippen molar-refractivity contribution in [3.05, 3.63) is 39.4 Å². The third kappa shape index (κ3) is 4.80. The largest absolute Gasteiger partial charge is 0.479 e. The number of rotatable bonds is 5. The van der Waals surface area contributed by atoms with Crippen molar-refractivity contribution >= 4 is 17.6 Å². The Hall–Kier alpha value is -2.51. The molecule has 1 aromatic rings. The van der Waals surface area contributed by atoms with Gasteiger partial charge >= 0.3 is 11.9 Å². The molecule has 1 rings (SSSR count). The highest BCUT2D eigenvalue weighted by molar-refractivity contribution is 5.90. The SMILES string of the molecule is CC(C)(C)OC(=O)c1ccc(CC(F)C(=O)O)c([N+](=O)[O-])c1. The number of hydrogen-bond donors (Lipinski definition) is 1. The molecule has 1 unspecified atom stereocenters. The predicted molar refractivity (Wildman–Crippen MR) is 74.5 cm³/mol. The molecule has 22 heavy (non-hydrogen) atoms.